The van der Waals surface area contributed by atoms with E-state index in [4.69, 9.17) is 5.11 Å². The Morgan fingerprint density at radius 2 is 1.90 bits per heavy atom. The molecule has 21 heavy (non-hydrogen) atoms. The van der Waals surface area contributed by atoms with Gasteiger partial charge in [-0.3, -0.25) is 9.59 Å². The second-order valence-corrected chi connectivity index (χ2v) is 5.48. The van der Waals surface area contributed by atoms with Crippen LogP contribution in [0.1, 0.15) is 13.8 Å². The van der Waals surface area contributed by atoms with Crippen molar-refractivity contribution in [1.82, 2.24) is 0 Å². The number of carbonyl (C=O) groups is 2. The first-order valence-corrected chi connectivity index (χ1v) is 6.32. The molecule has 0 aliphatic heterocycles. The van der Waals surface area contributed by atoms with E-state index >= 15 is 0 Å². The highest BCUT2D eigenvalue weighted by molar-refractivity contribution is 6.00. The minimum Gasteiger partial charge on any atom is -0.481 e. The number of hydrogen-bond acceptors (Lipinski definition) is 3. The highest BCUT2D eigenvalue weighted by Crippen LogP contribution is 2.58. The van der Waals surface area contributed by atoms with Crippen molar-refractivity contribution in [2.75, 3.05) is 5.32 Å². The standard InChI is InChI=1S/C14H15F2NO4/c1-14(2)9(10(14)12(19)20)11(18)17-7-5-3-4-6-8(7)21-13(15)16/h3-6,9-10,13H,1-2H3,(H,17,18)(H,19,20)/t9-,10+/m1/s1. The van der Waals surface area contributed by atoms with Crippen LogP contribution >= 0.6 is 0 Å². The molecule has 1 aromatic rings. The Bertz CT molecular complexity index is 574. The van der Waals surface area contributed by atoms with Crippen LogP contribution in [-0.2, 0) is 9.59 Å². The number of hydrogen-bond donors (Lipinski definition) is 2. The molecule has 1 aromatic carbocycles. The van der Waals surface area contributed by atoms with E-state index in [0.29, 0.717) is 0 Å². The molecule has 0 unspecified atom stereocenters. The molecule has 0 aromatic heterocycles. The van der Waals surface area contributed by atoms with Crippen molar-refractivity contribution in [1.29, 1.82) is 0 Å². The smallest absolute Gasteiger partial charge is 0.387 e. The second kappa shape index (κ2) is 5.31. The van der Waals surface area contributed by atoms with Crippen molar-refractivity contribution in [2.24, 2.45) is 17.3 Å². The van der Waals surface area contributed by atoms with E-state index in [9.17, 15) is 18.4 Å². The molecule has 7 heteroatoms. The minimum atomic E-state index is -3.01. The van der Waals surface area contributed by atoms with Gasteiger partial charge >= 0.3 is 12.6 Å². The van der Waals surface area contributed by atoms with Gasteiger partial charge in [0, 0.05) is 0 Å². The summed E-state index contributed by atoms with van der Waals surface area (Å²) in [6, 6.07) is 5.77. The molecule has 1 aliphatic carbocycles. The van der Waals surface area contributed by atoms with Crippen LogP contribution in [0.25, 0.3) is 0 Å². The van der Waals surface area contributed by atoms with Crippen LogP contribution < -0.4 is 10.1 Å². The molecule has 2 rings (SSSR count). The van der Waals surface area contributed by atoms with Crippen LogP contribution in [0.15, 0.2) is 24.3 Å². The van der Waals surface area contributed by atoms with E-state index < -0.39 is 35.7 Å². The lowest BCUT2D eigenvalue weighted by Crippen LogP contribution is -2.18. The number of nitrogens with one attached hydrogen (secondary N) is 1. The third-order valence-electron chi connectivity index (χ3n) is 3.74. The molecule has 114 valence electrons. The topological polar surface area (TPSA) is 75.6 Å². The second-order valence-electron chi connectivity index (χ2n) is 5.48. The maximum atomic E-state index is 12.3. The number of amides is 1. The van der Waals surface area contributed by atoms with E-state index in [0.717, 1.165) is 0 Å². The SMILES string of the molecule is CC1(C)[C@H](C(=O)O)[C@@H]1C(=O)Nc1ccccc1OC(F)F. The van der Waals surface area contributed by atoms with Gasteiger partial charge in [-0.25, -0.2) is 0 Å². The maximum Gasteiger partial charge on any atom is 0.387 e. The number of carbonyl (C=O) groups excluding carboxylic acids is 1. The summed E-state index contributed by atoms with van der Waals surface area (Å²) in [5.74, 6) is -3.20. The average molecular weight is 299 g/mol. The molecule has 0 saturated heterocycles. The number of halogens is 2. The average Bonchev–Trinajstić information content (AvgIpc) is 2.94. The van der Waals surface area contributed by atoms with E-state index in [-0.39, 0.29) is 11.4 Å². The van der Waals surface area contributed by atoms with Gasteiger partial charge in [0.15, 0.2) is 0 Å². The van der Waals surface area contributed by atoms with Gasteiger partial charge < -0.3 is 15.2 Å². The number of ether oxygens (including phenoxy) is 1. The lowest BCUT2D eigenvalue weighted by atomic mass is 10.1. The monoisotopic (exact) mass is 299 g/mol. The Labute approximate surface area is 119 Å². The summed E-state index contributed by atoms with van der Waals surface area (Å²) in [5, 5.41) is 11.5. The molecular weight excluding hydrogens is 284 g/mol. The lowest BCUT2D eigenvalue weighted by Gasteiger charge is -2.12. The zero-order valence-corrected chi connectivity index (χ0v) is 11.5. The third kappa shape index (κ3) is 2.96. The number of carboxylic acid groups (broad SMARTS) is 1. The predicted octanol–water partition coefficient (Wildman–Crippen LogP) is 2.58. The van der Waals surface area contributed by atoms with E-state index in [1.807, 2.05) is 0 Å². The van der Waals surface area contributed by atoms with Gasteiger partial charge in [-0.1, -0.05) is 26.0 Å². The number of para-hydroxylation sites is 2. The van der Waals surface area contributed by atoms with Gasteiger partial charge in [-0.2, -0.15) is 8.78 Å². The molecule has 0 bridgehead atoms. The largest absolute Gasteiger partial charge is 0.481 e. The minimum absolute atomic E-state index is 0.0923. The number of aliphatic carboxylic acids is 1. The molecule has 2 atom stereocenters. The summed E-state index contributed by atoms with van der Waals surface area (Å²) in [4.78, 5) is 23.2. The Morgan fingerprint density at radius 1 is 1.29 bits per heavy atom. The fraction of sp³-hybridized carbons (Fsp3) is 0.429. The highest BCUT2D eigenvalue weighted by Gasteiger charge is 2.65. The molecule has 5 nitrogen and oxygen atoms in total. The summed E-state index contributed by atoms with van der Waals surface area (Å²) >= 11 is 0. The Balaban J connectivity index is 2.13. The molecule has 2 N–H and O–H groups in total. The summed E-state index contributed by atoms with van der Waals surface area (Å²) in [7, 11) is 0. The van der Waals surface area contributed by atoms with Crippen molar-refractivity contribution in [2.45, 2.75) is 20.5 Å². The van der Waals surface area contributed by atoms with E-state index in [1.54, 1.807) is 19.9 Å². The quantitative estimate of drug-likeness (QED) is 0.876. The van der Waals surface area contributed by atoms with Crippen LogP contribution in [0.3, 0.4) is 0 Å². The summed E-state index contributed by atoms with van der Waals surface area (Å²) in [5.41, 5.74) is -0.566. The van der Waals surface area contributed by atoms with Gasteiger partial charge in [-0.05, 0) is 17.5 Å². The molecule has 0 radical (unpaired) electrons. The van der Waals surface area contributed by atoms with Crippen LogP contribution in [-0.4, -0.2) is 23.6 Å². The van der Waals surface area contributed by atoms with Gasteiger partial charge in [0.25, 0.3) is 0 Å². The van der Waals surface area contributed by atoms with Crippen molar-refractivity contribution >= 4 is 17.6 Å². The van der Waals surface area contributed by atoms with Crippen LogP contribution in [0, 0.1) is 17.3 Å². The zero-order chi connectivity index (χ0) is 15.8. The van der Waals surface area contributed by atoms with E-state index in [1.165, 1.54) is 18.2 Å². The Kier molecular flexibility index (Phi) is 3.85. The first-order valence-electron chi connectivity index (χ1n) is 6.32. The number of anilines is 1. The fourth-order valence-electron chi connectivity index (χ4n) is 2.57. The molecule has 0 spiro atoms. The lowest BCUT2D eigenvalue weighted by molar-refractivity contribution is -0.140. The number of benzene rings is 1. The number of carboxylic acids is 1. The van der Waals surface area contributed by atoms with Crippen molar-refractivity contribution in [3.63, 3.8) is 0 Å². The van der Waals surface area contributed by atoms with Gasteiger partial charge in [0.05, 0.1) is 17.5 Å². The number of alkyl halides is 2. The van der Waals surface area contributed by atoms with Crippen molar-refractivity contribution < 1.29 is 28.2 Å². The molecule has 1 saturated carbocycles. The maximum absolute atomic E-state index is 12.3. The van der Waals surface area contributed by atoms with Gasteiger partial charge in [0.1, 0.15) is 5.75 Å². The molecular formula is C14H15F2NO4. The van der Waals surface area contributed by atoms with Crippen LogP contribution in [0.4, 0.5) is 14.5 Å². The third-order valence-corrected chi connectivity index (χ3v) is 3.74. The Hall–Kier alpha value is -2.18. The van der Waals surface area contributed by atoms with Crippen LogP contribution in [0.2, 0.25) is 0 Å². The molecule has 1 fully saturated rings. The fourth-order valence-corrected chi connectivity index (χ4v) is 2.57. The highest BCUT2D eigenvalue weighted by atomic mass is 19.3. The van der Waals surface area contributed by atoms with Crippen LogP contribution in [0.5, 0.6) is 5.75 Å². The molecule has 0 heterocycles. The molecule has 1 aliphatic rings. The normalized spacial score (nSPS) is 22.7. The first-order chi connectivity index (χ1) is 9.75. The number of rotatable bonds is 5. The van der Waals surface area contributed by atoms with Crippen molar-refractivity contribution in [3.8, 4) is 5.75 Å². The zero-order valence-electron chi connectivity index (χ0n) is 11.5. The summed E-state index contributed by atoms with van der Waals surface area (Å²) in [6.07, 6.45) is 0. The first kappa shape index (κ1) is 15.2. The molecule has 1 amide bonds. The van der Waals surface area contributed by atoms with Crippen molar-refractivity contribution in [3.05, 3.63) is 24.3 Å². The van der Waals surface area contributed by atoms with Gasteiger partial charge in [0.2, 0.25) is 5.91 Å². The van der Waals surface area contributed by atoms with Gasteiger partial charge in [-0.15, -0.1) is 0 Å². The summed E-state index contributed by atoms with van der Waals surface area (Å²) < 4.78 is 28.9. The summed E-state index contributed by atoms with van der Waals surface area (Å²) in [6.45, 7) is 0.349. The van der Waals surface area contributed by atoms with E-state index in [2.05, 4.69) is 10.1 Å². The predicted molar refractivity (Wildman–Crippen MR) is 70.1 cm³/mol. The Morgan fingerprint density at radius 3 is 2.43 bits per heavy atom.